The van der Waals surface area contributed by atoms with Gasteiger partial charge in [0.25, 0.3) is 0 Å². The molecule has 0 radical (unpaired) electrons. The summed E-state index contributed by atoms with van der Waals surface area (Å²) >= 11 is 0. The summed E-state index contributed by atoms with van der Waals surface area (Å²) in [6.07, 6.45) is -1.34. The second-order valence-corrected chi connectivity index (χ2v) is 6.21. The van der Waals surface area contributed by atoms with E-state index in [0.29, 0.717) is 24.8 Å². The Kier molecular flexibility index (Phi) is 3.69. The van der Waals surface area contributed by atoms with E-state index in [4.69, 9.17) is 5.73 Å². The second kappa shape index (κ2) is 5.24. The molecule has 0 aromatic carbocycles. The molecule has 3 unspecified atom stereocenters. The minimum Gasteiger partial charge on any atom is -0.326 e. The molecule has 1 aromatic heterocycles. The lowest BCUT2D eigenvalue weighted by Gasteiger charge is -2.42. The predicted octanol–water partition coefficient (Wildman–Crippen LogP) is 1.63. The zero-order chi connectivity index (χ0) is 15.2. The van der Waals surface area contributed by atoms with Gasteiger partial charge in [0.1, 0.15) is 5.82 Å². The van der Waals surface area contributed by atoms with Crippen LogP contribution >= 0.6 is 0 Å². The Morgan fingerprint density at radius 2 is 1.95 bits per heavy atom. The van der Waals surface area contributed by atoms with Crippen LogP contribution in [0.4, 0.5) is 13.2 Å². The number of nitrogens with two attached hydrogens (primary N) is 1. The monoisotopic (exact) mass is 303 g/mol. The Morgan fingerprint density at radius 3 is 2.67 bits per heavy atom. The van der Waals surface area contributed by atoms with Crippen molar-refractivity contribution in [1.82, 2.24) is 19.7 Å². The van der Waals surface area contributed by atoms with Crippen molar-refractivity contribution >= 4 is 0 Å². The topological polar surface area (TPSA) is 60.0 Å². The van der Waals surface area contributed by atoms with Gasteiger partial charge in [0.2, 0.25) is 5.82 Å². The van der Waals surface area contributed by atoms with E-state index in [-0.39, 0.29) is 18.6 Å². The molecule has 0 spiro atoms. The van der Waals surface area contributed by atoms with Gasteiger partial charge in [-0.25, -0.2) is 0 Å². The molecular weight excluding hydrogens is 283 g/mol. The normalized spacial score (nSPS) is 31.2. The number of halogens is 3. The van der Waals surface area contributed by atoms with Gasteiger partial charge in [-0.3, -0.25) is 4.90 Å². The molecule has 0 saturated heterocycles. The fourth-order valence-electron chi connectivity index (χ4n) is 3.46. The van der Waals surface area contributed by atoms with Crippen LogP contribution in [0.15, 0.2) is 0 Å². The fraction of sp³-hybridized carbons (Fsp3) is 0.846. The first-order valence-corrected chi connectivity index (χ1v) is 7.35. The van der Waals surface area contributed by atoms with E-state index in [9.17, 15) is 13.2 Å². The molecule has 1 saturated carbocycles. The van der Waals surface area contributed by atoms with Gasteiger partial charge >= 0.3 is 6.18 Å². The van der Waals surface area contributed by atoms with Gasteiger partial charge in [-0.05, 0) is 25.2 Å². The molecule has 1 aromatic rings. The van der Waals surface area contributed by atoms with Gasteiger partial charge < -0.3 is 10.3 Å². The molecule has 1 fully saturated rings. The van der Waals surface area contributed by atoms with E-state index in [1.54, 1.807) is 0 Å². The molecule has 1 aliphatic heterocycles. The van der Waals surface area contributed by atoms with Crippen LogP contribution < -0.4 is 5.73 Å². The quantitative estimate of drug-likeness (QED) is 0.856. The first-order valence-electron chi connectivity index (χ1n) is 7.35. The summed E-state index contributed by atoms with van der Waals surface area (Å²) in [6, 6.07) is 0.325. The third-order valence-electron chi connectivity index (χ3n) is 4.64. The van der Waals surface area contributed by atoms with E-state index >= 15 is 0 Å². The van der Waals surface area contributed by atoms with Crippen molar-refractivity contribution < 1.29 is 13.2 Å². The van der Waals surface area contributed by atoms with Gasteiger partial charge in [0, 0.05) is 25.2 Å². The molecular formula is C13H20F3N5. The van der Waals surface area contributed by atoms with E-state index < -0.39 is 12.0 Å². The molecule has 0 bridgehead atoms. The molecule has 0 amide bonds. The number of hydrogen-bond acceptors (Lipinski definition) is 4. The maximum atomic E-state index is 12.8. The minimum absolute atomic E-state index is 0.0951. The van der Waals surface area contributed by atoms with E-state index in [1.165, 1.54) is 4.57 Å². The maximum absolute atomic E-state index is 12.8. The van der Waals surface area contributed by atoms with Crippen molar-refractivity contribution in [2.24, 2.45) is 11.7 Å². The van der Waals surface area contributed by atoms with Crippen LogP contribution in [-0.4, -0.2) is 38.3 Å². The summed E-state index contributed by atoms with van der Waals surface area (Å²) in [6.45, 7) is 3.44. The molecule has 5 nitrogen and oxygen atoms in total. The average Bonchev–Trinajstić information content (AvgIpc) is 2.84. The molecule has 1 aliphatic carbocycles. The van der Waals surface area contributed by atoms with Crippen LogP contribution in [0.1, 0.15) is 37.8 Å². The van der Waals surface area contributed by atoms with Gasteiger partial charge in [0.05, 0.1) is 6.54 Å². The molecule has 8 heteroatoms. The SMILES string of the molecule is CC1CCC(N)C(N2CCn3c(nnc3C(F)(F)F)C2)C1. The summed E-state index contributed by atoms with van der Waals surface area (Å²) in [7, 11) is 0. The zero-order valence-electron chi connectivity index (χ0n) is 12.0. The number of nitrogens with zero attached hydrogens (tertiary/aromatic N) is 4. The molecule has 2 aliphatic rings. The molecule has 3 atom stereocenters. The first kappa shape index (κ1) is 14.8. The number of aromatic nitrogens is 3. The van der Waals surface area contributed by atoms with Crippen molar-refractivity contribution in [1.29, 1.82) is 0 Å². The van der Waals surface area contributed by atoms with Crippen LogP contribution in [-0.2, 0) is 19.3 Å². The predicted molar refractivity (Wildman–Crippen MR) is 70.2 cm³/mol. The Morgan fingerprint density at radius 1 is 1.19 bits per heavy atom. The second-order valence-electron chi connectivity index (χ2n) is 6.21. The van der Waals surface area contributed by atoms with Gasteiger partial charge in [-0.15, -0.1) is 10.2 Å². The molecule has 3 rings (SSSR count). The highest BCUT2D eigenvalue weighted by Crippen LogP contribution is 2.32. The summed E-state index contributed by atoms with van der Waals surface area (Å²) in [5.41, 5.74) is 6.20. The van der Waals surface area contributed by atoms with E-state index in [1.807, 2.05) is 0 Å². The van der Waals surface area contributed by atoms with Crippen molar-refractivity contribution in [2.45, 2.75) is 57.5 Å². The summed E-state index contributed by atoms with van der Waals surface area (Å²) in [5, 5.41) is 7.04. The minimum atomic E-state index is -4.44. The molecule has 21 heavy (non-hydrogen) atoms. The Balaban J connectivity index is 1.77. The summed E-state index contributed by atoms with van der Waals surface area (Å²) in [4.78, 5) is 2.17. The molecule has 118 valence electrons. The Labute approximate surface area is 121 Å². The Bertz CT molecular complexity index is 512. The highest BCUT2D eigenvalue weighted by Gasteiger charge is 2.41. The largest absolute Gasteiger partial charge is 0.451 e. The van der Waals surface area contributed by atoms with Crippen LogP contribution in [0.5, 0.6) is 0 Å². The van der Waals surface area contributed by atoms with Crippen LogP contribution in [0.3, 0.4) is 0 Å². The third kappa shape index (κ3) is 2.78. The van der Waals surface area contributed by atoms with Crippen molar-refractivity contribution in [3.63, 3.8) is 0 Å². The number of fused-ring (bicyclic) bond motifs is 1. The molecule has 2 N–H and O–H groups in total. The van der Waals surface area contributed by atoms with Crippen molar-refractivity contribution in [3.8, 4) is 0 Å². The summed E-state index contributed by atoms with van der Waals surface area (Å²) < 4.78 is 39.6. The summed E-state index contributed by atoms with van der Waals surface area (Å²) in [5.74, 6) is 0.109. The standard InChI is InChI=1S/C13H20F3N5/c1-8-2-3-9(17)10(6-8)20-4-5-21-11(7-20)18-19-12(21)13(14,15)16/h8-10H,2-7,17H2,1H3. The Hall–Kier alpha value is -1.15. The number of rotatable bonds is 1. The lowest BCUT2D eigenvalue weighted by atomic mass is 9.83. The van der Waals surface area contributed by atoms with Crippen LogP contribution in [0.2, 0.25) is 0 Å². The van der Waals surface area contributed by atoms with E-state index in [2.05, 4.69) is 22.0 Å². The van der Waals surface area contributed by atoms with Crippen LogP contribution in [0.25, 0.3) is 0 Å². The smallest absolute Gasteiger partial charge is 0.326 e. The number of hydrogen-bond donors (Lipinski definition) is 1. The van der Waals surface area contributed by atoms with Crippen molar-refractivity contribution in [3.05, 3.63) is 11.6 Å². The van der Waals surface area contributed by atoms with Gasteiger partial charge in [-0.2, -0.15) is 13.2 Å². The lowest BCUT2D eigenvalue weighted by molar-refractivity contribution is -0.148. The lowest BCUT2D eigenvalue weighted by Crippen LogP contribution is -2.53. The first-order chi connectivity index (χ1) is 9.86. The van der Waals surface area contributed by atoms with Crippen LogP contribution in [0, 0.1) is 5.92 Å². The highest BCUT2D eigenvalue weighted by molar-refractivity contribution is 5.03. The molecule has 2 heterocycles. The van der Waals surface area contributed by atoms with Gasteiger partial charge in [-0.1, -0.05) is 6.92 Å². The van der Waals surface area contributed by atoms with Crippen molar-refractivity contribution in [2.75, 3.05) is 6.54 Å². The van der Waals surface area contributed by atoms with Gasteiger partial charge in [0.15, 0.2) is 0 Å². The fourth-order valence-corrected chi connectivity index (χ4v) is 3.46. The third-order valence-corrected chi connectivity index (χ3v) is 4.64. The highest BCUT2D eigenvalue weighted by atomic mass is 19.4. The zero-order valence-corrected chi connectivity index (χ0v) is 12.0. The average molecular weight is 303 g/mol. The number of alkyl halides is 3. The van der Waals surface area contributed by atoms with E-state index in [0.717, 1.165) is 19.3 Å². The maximum Gasteiger partial charge on any atom is 0.451 e.